The smallest absolute Gasteiger partial charge is 0.343 e. The predicted molar refractivity (Wildman–Crippen MR) is 130 cm³/mol. The van der Waals surface area contributed by atoms with Crippen LogP contribution in [-0.2, 0) is 9.59 Å². The third kappa shape index (κ3) is 6.81. The first-order valence-corrected chi connectivity index (χ1v) is 10.8. The Morgan fingerprint density at radius 1 is 0.941 bits per heavy atom. The normalized spacial score (nSPS) is 10.6. The summed E-state index contributed by atoms with van der Waals surface area (Å²) in [6, 6.07) is 17.5. The number of anilines is 1. The van der Waals surface area contributed by atoms with Gasteiger partial charge in [0.25, 0.3) is 0 Å². The molecule has 3 aromatic carbocycles. The molecule has 0 heterocycles. The number of amides is 2. The van der Waals surface area contributed by atoms with Crippen LogP contribution in [0.25, 0.3) is 0 Å². The van der Waals surface area contributed by atoms with Gasteiger partial charge in [-0.15, -0.1) is 0 Å². The quantitative estimate of drug-likeness (QED) is 0.161. The number of nitrogens with zero attached hydrogens (tertiary/aromatic N) is 1. The van der Waals surface area contributed by atoms with Crippen molar-refractivity contribution in [2.24, 2.45) is 5.10 Å². The molecule has 0 aliphatic heterocycles. The SMILES string of the molecule is CCOc1cc(C=NNC(=O)C(=O)Nc2ccccc2Cl)ccc1OC(=O)c1ccc(Cl)cc1. The summed E-state index contributed by atoms with van der Waals surface area (Å²) in [4.78, 5) is 36.4. The monoisotopic (exact) mass is 499 g/mol. The van der Waals surface area contributed by atoms with Crippen LogP contribution in [0.1, 0.15) is 22.8 Å². The molecular formula is C24H19Cl2N3O5. The van der Waals surface area contributed by atoms with Crippen LogP contribution in [0.4, 0.5) is 5.69 Å². The van der Waals surface area contributed by atoms with Gasteiger partial charge in [-0.2, -0.15) is 5.10 Å². The highest BCUT2D eigenvalue weighted by atomic mass is 35.5. The van der Waals surface area contributed by atoms with Crippen molar-refractivity contribution in [2.45, 2.75) is 6.92 Å². The lowest BCUT2D eigenvalue weighted by Crippen LogP contribution is -2.32. The molecule has 0 atom stereocenters. The van der Waals surface area contributed by atoms with Crippen LogP contribution < -0.4 is 20.2 Å². The maximum Gasteiger partial charge on any atom is 0.343 e. The molecule has 2 N–H and O–H groups in total. The zero-order valence-corrected chi connectivity index (χ0v) is 19.4. The van der Waals surface area contributed by atoms with Crippen molar-refractivity contribution in [3.8, 4) is 11.5 Å². The number of rotatable bonds is 7. The molecule has 3 rings (SSSR count). The number of carbonyl (C=O) groups is 3. The summed E-state index contributed by atoms with van der Waals surface area (Å²) in [5, 5.41) is 6.98. The van der Waals surface area contributed by atoms with Gasteiger partial charge in [0.05, 0.1) is 29.1 Å². The molecule has 0 saturated carbocycles. The maximum atomic E-state index is 12.4. The van der Waals surface area contributed by atoms with Gasteiger partial charge in [-0.1, -0.05) is 35.3 Å². The van der Waals surface area contributed by atoms with Gasteiger partial charge in [0.1, 0.15) is 0 Å². The van der Waals surface area contributed by atoms with Crippen molar-refractivity contribution < 1.29 is 23.9 Å². The second-order valence-corrected chi connectivity index (χ2v) is 7.51. The first-order chi connectivity index (χ1) is 16.4. The van der Waals surface area contributed by atoms with Gasteiger partial charge in [-0.05, 0) is 67.1 Å². The molecule has 0 saturated heterocycles. The van der Waals surface area contributed by atoms with E-state index in [2.05, 4.69) is 15.8 Å². The number of hydrazone groups is 1. The van der Waals surface area contributed by atoms with E-state index in [4.69, 9.17) is 32.7 Å². The molecule has 34 heavy (non-hydrogen) atoms. The molecule has 8 nitrogen and oxygen atoms in total. The average molecular weight is 500 g/mol. The van der Waals surface area contributed by atoms with E-state index in [1.54, 1.807) is 67.6 Å². The van der Waals surface area contributed by atoms with E-state index >= 15 is 0 Å². The first-order valence-electron chi connectivity index (χ1n) is 10.0. The third-order valence-electron chi connectivity index (χ3n) is 4.26. The highest BCUT2D eigenvalue weighted by molar-refractivity contribution is 6.41. The number of carbonyl (C=O) groups excluding carboxylic acids is 3. The van der Waals surface area contributed by atoms with Crippen molar-refractivity contribution >= 4 is 52.9 Å². The summed E-state index contributed by atoms with van der Waals surface area (Å²) in [6.45, 7) is 2.11. The molecule has 0 aliphatic rings. The van der Waals surface area contributed by atoms with Crippen LogP contribution in [0, 0.1) is 0 Å². The Hall–Kier alpha value is -3.88. The van der Waals surface area contributed by atoms with Gasteiger partial charge >= 0.3 is 17.8 Å². The lowest BCUT2D eigenvalue weighted by atomic mass is 10.2. The Bertz CT molecular complexity index is 1230. The Kier molecular flexibility index (Phi) is 8.61. The van der Waals surface area contributed by atoms with Gasteiger partial charge < -0.3 is 14.8 Å². The summed E-state index contributed by atoms with van der Waals surface area (Å²) in [5.74, 6) is -1.96. The fraction of sp³-hybridized carbons (Fsp3) is 0.0833. The molecule has 0 aliphatic carbocycles. The number of hydrogen-bond donors (Lipinski definition) is 2. The largest absolute Gasteiger partial charge is 0.490 e. The Balaban J connectivity index is 1.64. The van der Waals surface area contributed by atoms with Crippen LogP contribution in [0.2, 0.25) is 10.0 Å². The van der Waals surface area contributed by atoms with Gasteiger partial charge in [0, 0.05) is 5.02 Å². The van der Waals surface area contributed by atoms with Gasteiger partial charge in [0.2, 0.25) is 0 Å². The van der Waals surface area contributed by atoms with Crippen molar-refractivity contribution in [3.63, 3.8) is 0 Å². The Labute approximate surface area is 205 Å². The Morgan fingerprint density at radius 3 is 2.38 bits per heavy atom. The summed E-state index contributed by atoms with van der Waals surface area (Å²) in [5.41, 5.74) is 3.30. The molecule has 3 aromatic rings. The Morgan fingerprint density at radius 2 is 1.68 bits per heavy atom. The van der Waals surface area contributed by atoms with Crippen molar-refractivity contribution in [1.29, 1.82) is 0 Å². The lowest BCUT2D eigenvalue weighted by Gasteiger charge is -2.11. The highest BCUT2D eigenvalue weighted by Crippen LogP contribution is 2.29. The number of hydrogen-bond acceptors (Lipinski definition) is 6. The molecule has 174 valence electrons. The predicted octanol–water partition coefficient (Wildman–Crippen LogP) is 4.70. The molecule has 0 aromatic heterocycles. The second-order valence-electron chi connectivity index (χ2n) is 6.67. The number of ether oxygens (including phenoxy) is 2. The van der Waals surface area contributed by atoms with E-state index in [1.165, 1.54) is 12.3 Å². The van der Waals surface area contributed by atoms with E-state index in [0.29, 0.717) is 39.2 Å². The molecular weight excluding hydrogens is 481 g/mol. The van der Waals surface area contributed by atoms with Gasteiger partial charge in [0.15, 0.2) is 11.5 Å². The number of halogens is 2. The maximum absolute atomic E-state index is 12.4. The van der Waals surface area contributed by atoms with Gasteiger partial charge in [-0.25, -0.2) is 10.2 Å². The minimum atomic E-state index is -0.977. The van der Waals surface area contributed by atoms with E-state index in [-0.39, 0.29) is 5.75 Å². The summed E-state index contributed by atoms with van der Waals surface area (Å²) >= 11 is 11.8. The summed E-state index contributed by atoms with van der Waals surface area (Å²) in [6.07, 6.45) is 1.31. The number of nitrogens with one attached hydrogen (secondary N) is 2. The van der Waals surface area contributed by atoms with Crippen molar-refractivity contribution in [2.75, 3.05) is 11.9 Å². The molecule has 0 fully saturated rings. The van der Waals surface area contributed by atoms with E-state index in [9.17, 15) is 14.4 Å². The van der Waals surface area contributed by atoms with Crippen LogP contribution in [0.5, 0.6) is 11.5 Å². The van der Waals surface area contributed by atoms with Crippen LogP contribution >= 0.6 is 23.2 Å². The van der Waals surface area contributed by atoms with Gasteiger partial charge in [-0.3, -0.25) is 9.59 Å². The van der Waals surface area contributed by atoms with E-state index in [0.717, 1.165) is 0 Å². The van der Waals surface area contributed by atoms with Crippen LogP contribution in [0.15, 0.2) is 71.8 Å². The standard InChI is InChI=1S/C24H19Cl2N3O5/c1-2-33-21-13-15(7-12-20(21)34-24(32)16-8-10-17(25)11-9-16)14-27-29-23(31)22(30)28-19-6-4-3-5-18(19)26/h3-14H,2H2,1H3,(H,28,30)(H,29,31). The highest BCUT2D eigenvalue weighted by Gasteiger charge is 2.15. The summed E-state index contributed by atoms with van der Waals surface area (Å²) in [7, 11) is 0. The van der Waals surface area contributed by atoms with Crippen molar-refractivity contribution in [3.05, 3.63) is 87.9 Å². The van der Waals surface area contributed by atoms with E-state index in [1.807, 2.05) is 0 Å². The second kappa shape index (κ2) is 11.8. The van der Waals surface area contributed by atoms with Crippen LogP contribution in [0.3, 0.4) is 0 Å². The molecule has 0 bridgehead atoms. The van der Waals surface area contributed by atoms with Crippen LogP contribution in [-0.4, -0.2) is 30.6 Å². The summed E-state index contributed by atoms with van der Waals surface area (Å²) < 4.78 is 11.0. The first kappa shape index (κ1) is 24.8. The fourth-order valence-corrected chi connectivity index (χ4v) is 2.97. The molecule has 0 unspecified atom stereocenters. The zero-order chi connectivity index (χ0) is 24.5. The van der Waals surface area contributed by atoms with E-state index < -0.39 is 17.8 Å². The number of benzene rings is 3. The fourth-order valence-electron chi connectivity index (χ4n) is 2.66. The number of esters is 1. The number of para-hydroxylation sites is 1. The minimum Gasteiger partial charge on any atom is -0.490 e. The average Bonchev–Trinajstić information content (AvgIpc) is 2.82. The minimum absolute atomic E-state index is 0.210. The molecule has 0 radical (unpaired) electrons. The molecule has 2 amide bonds. The third-order valence-corrected chi connectivity index (χ3v) is 4.84. The topological polar surface area (TPSA) is 106 Å². The lowest BCUT2D eigenvalue weighted by molar-refractivity contribution is -0.136. The van der Waals surface area contributed by atoms with Crippen molar-refractivity contribution in [1.82, 2.24) is 5.43 Å². The molecule has 0 spiro atoms. The zero-order valence-electron chi connectivity index (χ0n) is 17.9. The molecule has 10 heteroatoms.